The maximum Gasteiger partial charge on any atom is 0.191 e. The zero-order chi connectivity index (χ0) is 15.9. The molecule has 0 aliphatic heterocycles. The quantitative estimate of drug-likeness (QED) is 0.381. The summed E-state index contributed by atoms with van der Waals surface area (Å²) < 4.78 is 0. The topological polar surface area (TPSA) is 49.3 Å². The van der Waals surface area contributed by atoms with Gasteiger partial charge in [-0.1, -0.05) is 6.92 Å². The van der Waals surface area contributed by atoms with Crippen molar-refractivity contribution in [3.63, 3.8) is 0 Å². The van der Waals surface area contributed by atoms with Crippen LogP contribution in [0.25, 0.3) is 0 Å². The van der Waals surface area contributed by atoms with E-state index >= 15 is 0 Å². The lowest BCUT2D eigenvalue weighted by atomic mass is 10.1. The van der Waals surface area contributed by atoms with Crippen LogP contribution in [0, 0.1) is 13.8 Å². The molecule has 2 aromatic heterocycles. The third-order valence-electron chi connectivity index (χ3n) is 3.41. The van der Waals surface area contributed by atoms with Crippen LogP contribution in [0.5, 0.6) is 0 Å². The van der Waals surface area contributed by atoms with Crippen molar-refractivity contribution in [2.24, 2.45) is 4.99 Å². The van der Waals surface area contributed by atoms with E-state index in [1.807, 2.05) is 13.8 Å². The highest BCUT2D eigenvalue weighted by Crippen LogP contribution is 2.18. The first kappa shape index (κ1) is 20.4. The Hall–Kier alpha value is -0.670. The number of nitrogens with zero attached hydrogens (tertiary/aromatic N) is 2. The average molecular weight is 464 g/mol. The number of guanidine groups is 1. The summed E-state index contributed by atoms with van der Waals surface area (Å²) in [5.74, 6) is 1.34. The molecule has 0 aliphatic rings. The Kier molecular flexibility index (Phi) is 9.08. The summed E-state index contributed by atoms with van der Waals surface area (Å²) in [5.41, 5.74) is 2.47. The van der Waals surface area contributed by atoms with E-state index in [0.717, 1.165) is 29.8 Å². The predicted molar refractivity (Wildman–Crippen MR) is 113 cm³/mol. The van der Waals surface area contributed by atoms with Gasteiger partial charge in [0.15, 0.2) is 5.96 Å². The van der Waals surface area contributed by atoms with Crippen molar-refractivity contribution in [1.29, 1.82) is 0 Å². The van der Waals surface area contributed by atoms with Crippen LogP contribution in [-0.2, 0) is 6.54 Å². The van der Waals surface area contributed by atoms with Crippen LogP contribution in [0.15, 0.2) is 21.8 Å². The number of rotatable bonds is 6. The molecule has 2 N–H and O–H groups in total. The Morgan fingerprint density at radius 2 is 2.13 bits per heavy atom. The maximum absolute atomic E-state index is 4.68. The highest BCUT2D eigenvalue weighted by molar-refractivity contribution is 14.0. The molecule has 7 heteroatoms. The molecule has 0 aliphatic carbocycles. The van der Waals surface area contributed by atoms with Gasteiger partial charge in [-0.3, -0.25) is 0 Å². The second-order valence-electron chi connectivity index (χ2n) is 5.28. The van der Waals surface area contributed by atoms with Crippen molar-refractivity contribution in [2.75, 3.05) is 13.1 Å². The largest absolute Gasteiger partial charge is 0.357 e. The summed E-state index contributed by atoms with van der Waals surface area (Å²) in [6, 6.07) is 2.19. The van der Waals surface area contributed by atoms with E-state index in [9.17, 15) is 0 Å². The first-order chi connectivity index (χ1) is 10.6. The molecular weight excluding hydrogens is 439 g/mol. The molecule has 2 aromatic rings. The van der Waals surface area contributed by atoms with E-state index in [-0.39, 0.29) is 24.0 Å². The van der Waals surface area contributed by atoms with E-state index in [1.54, 1.807) is 22.7 Å². The van der Waals surface area contributed by atoms with Crippen molar-refractivity contribution < 1.29 is 0 Å². The van der Waals surface area contributed by atoms with Crippen LogP contribution in [0.4, 0.5) is 0 Å². The van der Waals surface area contributed by atoms with Crippen molar-refractivity contribution in [3.05, 3.63) is 38.0 Å². The third kappa shape index (κ3) is 6.39. The Bertz CT molecular complexity index is 608. The zero-order valence-corrected chi connectivity index (χ0v) is 18.0. The Labute approximate surface area is 163 Å². The first-order valence-electron chi connectivity index (χ1n) is 7.57. The standard InChI is InChI=1S/C16H24N4S2.HI/c1-5-17-16(18-8-11(2)14-6-7-21-10-14)19-9-15-12(3)20-13(4)22-15;/h6-7,10-11H,5,8-9H2,1-4H3,(H2,17,18,19);1H. The number of hydrogen-bond acceptors (Lipinski definition) is 4. The number of halogens is 1. The summed E-state index contributed by atoms with van der Waals surface area (Å²) >= 11 is 3.47. The molecule has 0 fully saturated rings. The number of thiazole rings is 1. The molecule has 0 spiro atoms. The SMILES string of the molecule is CCNC(=NCc1sc(C)nc1C)NCC(C)c1ccsc1.I. The monoisotopic (exact) mass is 464 g/mol. The molecule has 0 aromatic carbocycles. The summed E-state index contributed by atoms with van der Waals surface area (Å²) in [6.07, 6.45) is 0. The number of aryl methyl sites for hydroxylation is 2. The van der Waals surface area contributed by atoms with E-state index in [4.69, 9.17) is 0 Å². The van der Waals surface area contributed by atoms with E-state index < -0.39 is 0 Å². The number of hydrogen-bond donors (Lipinski definition) is 2. The maximum atomic E-state index is 4.68. The van der Waals surface area contributed by atoms with Gasteiger partial charge in [-0.05, 0) is 49.1 Å². The lowest BCUT2D eigenvalue weighted by Crippen LogP contribution is -2.39. The summed E-state index contributed by atoms with van der Waals surface area (Å²) in [4.78, 5) is 10.4. The summed E-state index contributed by atoms with van der Waals surface area (Å²) in [7, 11) is 0. The second-order valence-corrected chi connectivity index (χ2v) is 7.34. The first-order valence-corrected chi connectivity index (χ1v) is 9.33. The molecule has 4 nitrogen and oxygen atoms in total. The molecule has 1 atom stereocenters. The van der Waals surface area contributed by atoms with Gasteiger partial charge in [0.05, 0.1) is 17.2 Å². The summed E-state index contributed by atoms with van der Waals surface area (Å²) in [6.45, 7) is 10.8. The highest BCUT2D eigenvalue weighted by Gasteiger charge is 2.08. The van der Waals surface area contributed by atoms with Crippen molar-refractivity contribution in [2.45, 2.75) is 40.2 Å². The fourth-order valence-electron chi connectivity index (χ4n) is 2.14. The van der Waals surface area contributed by atoms with Gasteiger partial charge < -0.3 is 10.6 Å². The van der Waals surface area contributed by atoms with Crippen LogP contribution in [-0.4, -0.2) is 24.0 Å². The van der Waals surface area contributed by atoms with Gasteiger partial charge in [-0.2, -0.15) is 11.3 Å². The molecule has 0 radical (unpaired) electrons. The van der Waals surface area contributed by atoms with Crippen molar-refractivity contribution in [1.82, 2.24) is 15.6 Å². The number of aromatic nitrogens is 1. The molecule has 0 amide bonds. The van der Waals surface area contributed by atoms with Crippen molar-refractivity contribution in [3.8, 4) is 0 Å². The number of aliphatic imine (C=N–C) groups is 1. The van der Waals surface area contributed by atoms with Gasteiger partial charge in [0, 0.05) is 18.0 Å². The van der Waals surface area contributed by atoms with E-state index in [0.29, 0.717) is 12.5 Å². The number of thiophene rings is 1. The van der Waals surface area contributed by atoms with Gasteiger partial charge in [-0.15, -0.1) is 35.3 Å². The molecular formula is C16H25IN4S2. The fourth-order valence-corrected chi connectivity index (χ4v) is 3.78. The Balaban J connectivity index is 0.00000264. The molecule has 0 saturated carbocycles. The molecule has 128 valence electrons. The molecule has 0 bridgehead atoms. The smallest absolute Gasteiger partial charge is 0.191 e. The lowest BCUT2D eigenvalue weighted by Gasteiger charge is -2.15. The minimum Gasteiger partial charge on any atom is -0.357 e. The fraction of sp³-hybridized carbons (Fsp3) is 0.500. The van der Waals surface area contributed by atoms with Gasteiger partial charge in [-0.25, -0.2) is 9.98 Å². The van der Waals surface area contributed by atoms with Crippen LogP contribution in [0.1, 0.15) is 40.9 Å². The minimum absolute atomic E-state index is 0. The van der Waals surface area contributed by atoms with E-state index in [1.165, 1.54) is 10.4 Å². The van der Waals surface area contributed by atoms with Gasteiger partial charge in [0.1, 0.15) is 0 Å². The average Bonchev–Trinajstić information content (AvgIpc) is 3.11. The lowest BCUT2D eigenvalue weighted by molar-refractivity contribution is 0.702. The summed E-state index contributed by atoms with van der Waals surface area (Å²) in [5, 5.41) is 12.2. The Morgan fingerprint density at radius 1 is 1.35 bits per heavy atom. The van der Waals surface area contributed by atoms with Crippen LogP contribution in [0.2, 0.25) is 0 Å². The van der Waals surface area contributed by atoms with Crippen LogP contribution >= 0.6 is 46.7 Å². The van der Waals surface area contributed by atoms with Crippen molar-refractivity contribution >= 4 is 52.6 Å². The molecule has 2 rings (SSSR count). The molecule has 23 heavy (non-hydrogen) atoms. The van der Waals surface area contributed by atoms with Gasteiger partial charge in [0.2, 0.25) is 0 Å². The molecule has 2 heterocycles. The molecule has 1 unspecified atom stereocenters. The predicted octanol–water partition coefficient (Wildman–Crippen LogP) is 4.30. The zero-order valence-electron chi connectivity index (χ0n) is 14.0. The van der Waals surface area contributed by atoms with Gasteiger partial charge >= 0.3 is 0 Å². The Morgan fingerprint density at radius 3 is 2.70 bits per heavy atom. The molecule has 0 saturated heterocycles. The highest BCUT2D eigenvalue weighted by atomic mass is 127. The third-order valence-corrected chi connectivity index (χ3v) is 5.17. The normalized spacial score (nSPS) is 12.6. The minimum atomic E-state index is 0. The van der Waals surface area contributed by atoms with Crippen LogP contribution < -0.4 is 10.6 Å². The number of nitrogens with one attached hydrogen (secondary N) is 2. The van der Waals surface area contributed by atoms with Gasteiger partial charge in [0.25, 0.3) is 0 Å². The second kappa shape index (κ2) is 10.2. The van der Waals surface area contributed by atoms with E-state index in [2.05, 4.69) is 51.3 Å². The van der Waals surface area contributed by atoms with Crippen LogP contribution in [0.3, 0.4) is 0 Å².